The van der Waals surface area contributed by atoms with Gasteiger partial charge in [-0.25, -0.2) is 4.79 Å². The highest BCUT2D eigenvalue weighted by Gasteiger charge is 2.60. The molecule has 2 heterocycles. The molecule has 1 aliphatic rings. The molecule has 1 aliphatic heterocycles. The van der Waals surface area contributed by atoms with E-state index < -0.39 is 47.6 Å². The lowest BCUT2D eigenvalue weighted by atomic mass is 9.82. The lowest BCUT2D eigenvalue weighted by Crippen LogP contribution is -2.51. The largest absolute Gasteiger partial charge is 0.394 e. The number of carbonyl (C=O) groups excluding carboxylic acids is 1. The Labute approximate surface area is 140 Å². The van der Waals surface area contributed by atoms with Crippen LogP contribution in [0.4, 0.5) is 0 Å². The fourth-order valence-electron chi connectivity index (χ4n) is 2.99. The molecule has 5 N–H and O–H groups in total. The van der Waals surface area contributed by atoms with E-state index in [1.807, 2.05) is 4.98 Å². The molecule has 25 heavy (non-hydrogen) atoms. The van der Waals surface area contributed by atoms with Gasteiger partial charge in [-0.1, -0.05) is 30.3 Å². The molecule has 9 heteroatoms. The third-order valence-electron chi connectivity index (χ3n) is 4.23. The van der Waals surface area contributed by atoms with Gasteiger partial charge >= 0.3 is 5.69 Å². The van der Waals surface area contributed by atoms with Crippen molar-refractivity contribution >= 4 is 5.78 Å². The van der Waals surface area contributed by atoms with Crippen molar-refractivity contribution in [3.8, 4) is 0 Å². The van der Waals surface area contributed by atoms with Crippen LogP contribution >= 0.6 is 0 Å². The lowest BCUT2D eigenvalue weighted by Gasteiger charge is -2.30. The number of hydrogen-bond acceptors (Lipinski definition) is 7. The minimum Gasteiger partial charge on any atom is -0.394 e. The number of aromatic nitrogens is 2. The summed E-state index contributed by atoms with van der Waals surface area (Å²) in [5, 5.41) is 30.0. The van der Waals surface area contributed by atoms with Crippen molar-refractivity contribution in [2.75, 3.05) is 6.61 Å². The van der Waals surface area contributed by atoms with Gasteiger partial charge in [0.1, 0.15) is 18.3 Å². The van der Waals surface area contributed by atoms with Crippen LogP contribution in [0.25, 0.3) is 0 Å². The zero-order chi connectivity index (χ0) is 18.2. The monoisotopic (exact) mass is 348 g/mol. The maximum atomic E-state index is 13.1. The molecular weight excluding hydrogens is 332 g/mol. The second-order valence-corrected chi connectivity index (χ2v) is 5.69. The predicted molar refractivity (Wildman–Crippen MR) is 84.1 cm³/mol. The van der Waals surface area contributed by atoms with Crippen molar-refractivity contribution in [1.82, 2.24) is 9.97 Å². The summed E-state index contributed by atoms with van der Waals surface area (Å²) in [5.41, 5.74) is -4.27. The average molecular weight is 348 g/mol. The van der Waals surface area contributed by atoms with Crippen molar-refractivity contribution in [1.29, 1.82) is 0 Å². The van der Waals surface area contributed by atoms with Crippen LogP contribution in [0, 0.1) is 0 Å². The van der Waals surface area contributed by atoms with E-state index in [9.17, 15) is 29.7 Å². The summed E-state index contributed by atoms with van der Waals surface area (Å²) in [6, 6.07) is 7.75. The van der Waals surface area contributed by atoms with Gasteiger partial charge in [-0.3, -0.25) is 14.6 Å². The van der Waals surface area contributed by atoms with Crippen LogP contribution in [0.3, 0.4) is 0 Å². The van der Waals surface area contributed by atoms with Crippen molar-refractivity contribution in [3.63, 3.8) is 0 Å². The molecule has 1 fully saturated rings. The summed E-state index contributed by atoms with van der Waals surface area (Å²) in [6.07, 6.45) is -3.76. The summed E-state index contributed by atoms with van der Waals surface area (Å²) in [5.74, 6) is -0.784. The SMILES string of the molecule is O=C(c1ccccc1)[C@@]1(c2c[nH]c(=O)[nH]c2=O)O[C@H](CO)[C@@H](O)[C@H]1O. The first kappa shape index (κ1) is 17.2. The molecule has 0 spiro atoms. The third-order valence-corrected chi connectivity index (χ3v) is 4.23. The highest BCUT2D eigenvalue weighted by molar-refractivity contribution is 6.03. The second kappa shape index (κ2) is 6.37. The van der Waals surface area contributed by atoms with E-state index in [4.69, 9.17) is 4.74 Å². The maximum Gasteiger partial charge on any atom is 0.325 e. The number of hydrogen-bond donors (Lipinski definition) is 5. The zero-order valence-corrected chi connectivity index (χ0v) is 12.9. The molecule has 0 amide bonds. The summed E-state index contributed by atoms with van der Waals surface area (Å²) >= 11 is 0. The van der Waals surface area contributed by atoms with Crippen LogP contribution in [-0.4, -0.2) is 56.0 Å². The van der Waals surface area contributed by atoms with Crippen LogP contribution in [0.1, 0.15) is 15.9 Å². The summed E-state index contributed by atoms with van der Waals surface area (Å²) in [7, 11) is 0. The fourth-order valence-corrected chi connectivity index (χ4v) is 2.99. The number of aromatic amines is 2. The van der Waals surface area contributed by atoms with Gasteiger partial charge in [0.25, 0.3) is 5.56 Å². The summed E-state index contributed by atoms with van der Waals surface area (Å²) < 4.78 is 5.50. The standard InChI is InChI=1S/C16H16N2O7/c19-7-10-11(20)13(22)16(25-10,9-6-17-15(24)18-14(9)23)12(21)8-4-2-1-3-5-8/h1-6,10-11,13,19-20,22H,7H2,(H2,17,18,23,24)/t10-,11-,13-,16-/m1/s1. The first-order chi connectivity index (χ1) is 11.9. The van der Waals surface area contributed by atoms with Crippen LogP contribution in [-0.2, 0) is 10.3 Å². The molecule has 0 bridgehead atoms. The quantitative estimate of drug-likeness (QED) is 0.411. The van der Waals surface area contributed by atoms with E-state index in [0.717, 1.165) is 6.20 Å². The van der Waals surface area contributed by atoms with Gasteiger partial charge in [0.2, 0.25) is 5.78 Å². The van der Waals surface area contributed by atoms with Gasteiger partial charge in [-0.15, -0.1) is 0 Å². The predicted octanol–water partition coefficient (Wildman–Crippen LogP) is -1.75. The lowest BCUT2D eigenvalue weighted by molar-refractivity contribution is -0.0738. The minimum atomic E-state index is -2.27. The number of Topliss-reactive ketones (excluding diaryl/α,β-unsaturated/α-hetero) is 1. The normalized spacial score (nSPS) is 28.8. The molecule has 0 saturated carbocycles. The smallest absolute Gasteiger partial charge is 0.325 e. The van der Waals surface area contributed by atoms with Gasteiger partial charge in [0, 0.05) is 11.8 Å². The van der Waals surface area contributed by atoms with Crippen LogP contribution < -0.4 is 11.2 Å². The van der Waals surface area contributed by atoms with E-state index in [1.54, 1.807) is 18.2 Å². The highest BCUT2D eigenvalue weighted by atomic mass is 16.6. The molecule has 132 valence electrons. The Kier molecular flexibility index (Phi) is 4.39. The number of H-pyrrole nitrogens is 2. The molecule has 9 nitrogen and oxygen atoms in total. The Bertz CT molecular complexity index is 891. The van der Waals surface area contributed by atoms with Crippen molar-refractivity contribution in [3.05, 3.63) is 68.5 Å². The molecule has 4 atom stereocenters. The van der Waals surface area contributed by atoms with Crippen molar-refractivity contribution < 1.29 is 24.9 Å². The number of ether oxygens (including phenoxy) is 1. The molecule has 1 aromatic carbocycles. The number of rotatable bonds is 4. The average Bonchev–Trinajstić information content (AvgIpc) is 2.87. The molecule has 0 unspecified atom stereocenters. The van der Waals surface area contributed by atoms with Crippen molar-refractivity contribution in [2.45, 2.75) is 23.9 Å². The number of benzene rings is 1. The number of aliphatic hydroxyl groups is 3. The van der Waals surface area contributed by atoms with Gasteiger partial charge in [-0.2, -0.15) is 0 Å². The third kappa shape index (κ3) is 2.63. The molecule has 1 saturated heterocycles. The second-order valence-electron chi connectivity index (χ2n) is 5.69. The Morgan fingerprint density at radius 1 is 1.20 bits per heavy atom. The molecule has 0 aliphatic carbocycles. The van der Waals surface area contributed by atoms with E-state index in [-0.39, 0.29) is 11.1 Å². The van der Waals surface area contributed by atoms with E-state index in [1.165, 1.54) is 12.1 Å². The molecule has 3 rings (SSSR count). The Balaban J connectivity index is 2.24. The Morgan fingerprint density at radius 2 is 1.88 bits per heavy atom. The molecular formula is C16H16N2O7. The fraction of sp³-hybridized carbons (Fsp3) is 0.312. The van der Waals surface area contributed by atoms with Crippen LogP contribution in [0.15, 0.2) is 46.1 Å². The maximum absolute atomic E-state index is 13.1. The topological polar surface area (TPSA) is 153 Å². The minimum absolute atomic E-state index is 0.123. The van der Waals surface area contributed by atoms with Gasteiger partial charge in [0.15, 0.2) is 5.60 Å². The number of aliphatic hydroxyl groups excluding tert-OH is 3. The van der Waals surface area contributed by atoms with Gasteiger partial charge in [0.05, 0.1) is 12.2 Å². The molecule has 1 aromatic heterocycles. The van der Waals surface area contributed by atoms with Crippen LogP contribution in [0.2, 0.25) is 0 Å². The molecule has 0 radical (unpaired) electrons. The van der Waals surface area contributed by atoms with Crippen molar-refractivity contribution in [2.24, 2.45) is 0 Å². The molecule has 2 aromatic rings. The highest BCUT2D eigenvalue weighted by Crippen LogP contribution is 2.40. The van der Waals surface area contributed by atoms with Gasteiger partial charge in [-0.05, 0) is 0 Å². The Morgan fingerprint density at radius 3 is 2.44 bits per heavy atom. The van der Waals surface area contributed by atoms with E-state index >= 15 is 0 Å². The number of carbonyl (C=O) groups is 1. The number of nitrogens with one attached hydrogen (secondary N) is 2. The summed E-state index contributed by atoms with van der Waals surface area (Å²) in [6.45, 7) is -0.677. The Hall–Kier alpha value is -2.59. The zero-order valence-electron chi connectivity index (χ0n) is 12.9. The summed E-state index contributed by atoms with van der Waals surface area (Å²) in [4.78, 5) is 40.8. The van der Waals surface area contributed by atoms with Crippen LogP contribution in [0.5, 0.6) is 0 Å². The first-order valence-electron chi connectivity index (χ1n) is 7.49. The van der Waals surface area contributed by atoms with E-state index in [2.05, 4.69) is 4.98 Å². The number of ketones is 1. The van der Waals surface area contributed by atoms with E-state index in [0.29, 0.717) is 0 Å². The van der Waals surface area contributed by atoms with Gasteiger partial charge < -0.3 is 25.0 Å². The first-order valence-corrected chi connectivity index (χ1v) is 7.49.